The van der Waals surface area contributed by atoms with Crippen molar-refractivity contribution in [3.63, 3.8) is 0 Å². The fourth-order valence-corrected chi connectivity index (χ4v) is 8.02. The molecule has 1 aliphatic rings. The fraction of sp³-hybridized carbons (Fsp3) is 0. The van der Waals surface area contributed by atoms with Gasteiger partial charge in [-0.25, -0.2) is 15.0 Å². The number of hydrogen-bond acceptors (Lipinski definition) is 5. The molecule has 1 aromatic heterocycles. The molecule has 8 aromatic carbocycles. The molecule has 2 heterocycles. The quantitative estimate of drug-likeness (QED) is 0.176. The predicted octanol–water partition coefficient (Wildman–Crippen LogP) is 12.3. The summed E-state index contributed by atoms with van der Waals surface area (Å²) in [5.41, 5.74) is 5.07. The van der Waals surface area contributed by atoms with Gasteiger partial charge >= 0.3 is 0 Å². The van der Waals surface area contributed by atoms with E-state index in [1.54, 1.807) is 11.8 Å². The van der Waals surface area contributed by atoms with E-state index in [0.29, 0.717) is 17.5 Å². The SMILES string of the molecule is c1ccc(-c2ccc(-c3nc(-c4ccc5c6ccccc6c6ccccc6c5c4)nc(-c4cccc5c4Sc4ccccc4O5)n3)cc2)cc1. The number of rotatable bonds is 4. The second kappa shape index (κ2) is 11.7. The Bertz CT molecular complexity index is 2730. The highest BCUT2D eigenvalue weighted by Crippen LogP contribution is 2.50. The van der Waals surface area contributed by atoms with Crippen LogP contribution < -0.4 is 4.74 Å². The number of ether oxygens (including phenoxy) is 1. The minimum absolute atomic E-state index is 0.605. The lowest BCUT2D eigenvalue weighted by molar-refractivity contribution is 0.455. The second-order valence-electron chi connectivity index (χ2n) is 12.4. The lowest BCUT2D eigenvalue weighted by Crippen LogP contribution is -2.03. The highest BCUT2D eigenvalue weighted by molar-refractivity contribution is 7.99. The van der Waals surface area contributed by atoms with Crippen LogP contribution in [0.4, 0.5) is 0 Å². The van der Waals surface area contributed by atoms with Crippen molar-refractivity contribution < 1.29 is 4.74 Å². The maximum atomic E-state index is 6.36. The molecular formula is C45H27N3OS. The first-order chi connectivity index (χ1) is 24.8. The monoisotopic (exact) mass is 657 g/mol. The zero-order valence-corrected chi connectivity index (χ0v) is 27.6. The van der Waals surface area contributed by atoms with Gasteiger partial charge in [-0.2, -0.15) is 0 Å². The summed E-state index contributed by atoms with van der Waals surface area (Å²) >= 11 is 1.69. The van der Waals surface area contributed by atoms with Gasteiger partial charge in [-0.3, -0.25) is 0 Å². The van der Waals surface area contributed by atoms with Crippen LogP contribution in [0.1, 0.15) is 0 Å². The summed E-state index contributed by atoms with van der Waals surface area (Å²) in [6.07, 6.45) is 0. The third-order valence-corrected chi connectivity index (χ3v) is 10.6. The van der Waals surface area contributed by atoms with Crippen LogP contribution in [0.5, 0.6) is 11.5 Å². The smallest absolute Gasteiger partial charge is 0.165 e. The molecule has 5 heteroatoms. The van der Waals surface area contributed by atoms with Crippen molar-refractivity contribution in [2.45, 2.75) is 9.79 Å². The van der Waals surface area contributed by atoms with Gasteiger partial charge in [-0.05, 0) is 73.8 Å². The summed E-state index contributed by atoms with van der Waals surface area (Å²) in [6.45, 7) is 0. The third-order valence-electron chi connectivity index (χ3n) is 9.39. The second-order valence-corrected chi connectivity index (χ2v) is 13.4. The van der Waals surface area contributed by atoms with E-state index in [1.807, 2.05) is 36.4 Å². The van der Waals surface area contributed by atoms with Gasteiger partial charge in [0.05, 0.1) is 9.79 Å². The van der Waals surface area contributed by atoms with Crippen LogP contribution >= 0.6 is 11.8 Å². The first-order valence-corrected chi connectivity index (χ1v) is 17.4. The maximum absolute atomic E-state index is 6.36. The molecule has 0 N–H and O–H groups in total. The zero-order valence-electron chi connectivity index (χ0n) is 26.7. The molecule has 9 aromatic rings. The van der Waals surface area contributed by atoms with Crippen molar-refractivity contribution in [2.75, 3.05) is 0 Å². The van der Waals surface area contributed by atoms with Gasteiger partial charge in [-0.1, -0.05) is 145 Å². The number of nitrogens with zero attached hydrogens (tertiary/aromatic N) is 3. The summed E-state index contributed by atoms with van der Waals surface area (Å²) in [5, 5.41) is 7.30. The summed E-state index contributed by atoms with van der Waals surface area (Å²) in [6, 6.07) is 56.9. The minimum Gasteiger partial charge on any atom is -0.455 e. The molecule has 0 radical (unpaired) electrons. The molecule has 0 saturated heterocycles. The van der Waals surface area contributed by atoms with Crippen molar-refractivity contribution in [2.24, 2.45) is 0 Å². The highest BCUT2D eigenvalue weighted by Gasteiger charge is 2.23. The molecule has 0 atom stereocenters. The van der Waals surface area contributed by atoms with E-state index in [-0.39, 0.29) is 0 Å². The molecule has 0 fully saturated rings. The molecule has 234 valence electrons. The molecule has 0 unspecified atom stereocenters. The van der Waals surface area contributed by atoms with Crippen LogP contribution in [0, 0.1) is 0 Å². The van der Waals surface area contributed by atoms with Crippen LogP contribution in [-0.2, 0) is 0 Å². The number of para-hydroxylation sites is 1. The number of fused-ring (bicyclic) bond motifs is 8. The van der Waals surface area contributed by atoms with Gasteiger partial charge in [0, 0.05) is 16.7 Å². The van der Waals surface area contributed by atoms with Crippen molar-refractivity contribution in [1.29, 1.82) is 0 Å². The molecule has 0 amide bonds. The Hall–Kier alpha value is -6.30. The topological polar surface area (TPSA) is 47.9 Å². The first kappa shape index (κ1) is 28.7. The van der Waals surface area contributed by atoms with Crippen molar-refractivity contribution in [3.8, 4) is 56.8 Å². The maximum Gasteiger partial charge on any atom is 0.165 e. The van der Waals surface area contributed by atoms with Crippen LogP contribution in [0.3, 0.4) is 0 Å². The van der Waals surface area contributed by atoms with Crippen molar-refractivity contribution in [1.82, 2.24) is 15.0 Å². The number of benzene rings is 8. The van der Waals surface area contributed by atoms with Gasteiger partial charge in [-0.15, -0.1) is 0 Å². The Morgan fingerprint density at radius 1 is 0.360 bits per heavy atom. The average molecular weight is 658 g/mol. The van der Waals surface area contributed by atoms with Crippen LogP contribution in [0.2, 0.25) is 0 Å². The van der Waals surface area contributed by atoms with Gasteiger partial charge in [0.25, 0.3) is 0 Å². The van der Waals surface area contributed by atoms with Gasteiger partial charge in [0.15, 0.2) is 17.5 Å². The van der Waals surface area contributed by atoms with E-state index < -0.39 is 0 Å². The van der Waals surface area contributed by atoms with Crippen LogP contribution in [0.25, 0.3) is 77.6 Å². The van der Waals surface area contributed by atoms with E-state index in [0.717, 1.165) is 43.5 Å². The van der Waals surface area contributed by atoms with Crippen LogP contribution in [0.15, 0.2) is 174 Å². The van der Waals surface area contributed by atoms with E-state index in [9.17, 15) is 0 Å². The first-order valence-electron chi connectivity index (χ1n) is 16.6. The molecular weight excluding hydrogens is 631 g/mol. The van der Waals surface area contributed by atoms with Gasteiger partial charge < -0.3 is 4.74 Å². The Balaban J connectivity index is 1.17. The highest BCUT2D eigenvalue weighted by atomic mass is 32.2. The Labute approximate surface area is 293 Å². The van der Waals surface area contributed by atoms with Gasteiger partial charge in [0.1, 0.15) is 11.5 Å². The summed E-state index contributed by atoms with van der Waals surface area (Å²) < 4.78 is 6.36. The van der Waals surface area contributed by atoms with E-state index in [1.165, 1.54) is 37.9 Å². The Morgan fingerprint density at radius 2 is 0.880 bits per heavy atom. The molecule has 4 nitrogen and oxygen atoms in total. The molecule has 0 spiro atoms. The standard InChI is InChI=1S/C45H27N3OS/c1-2-11-28(12-3-1)29-21-23-30(24-22-29)43-46-44(48-45(47-43)37-17-10-19-40-42(37)50-41-20-9-8-18-39(41)49-40)31-25-26-36-34-15-5-4-13-32(34)33-14-6-7-16-35(33)38(36)27-31/h1-27H. The fourth-order valence-electron chi connectivity index (χ4n) is 6.97. The average Bonchev–Trinajstić information content (AvgIpc) is 3.20. The molecule has 1 aliphatic heterocycles. The summed E-state index contributed by atoms with van der Waals surface area (Å²) in [7, 11) is 0. The summed E-state index contributed by atoms with van der Waals surface area (Å²) in [4.78, 5) is 17.5. The molecule has 0 bridgehead atoms. The zero-order chi connectivity index (χ0) is 33.0. The minimum atomic E-state index is 0.605. The largest absolute Gasteiger partial charge is 0.455 e. The molecule has 0 saturated carbocycles. The lowest BCUT2D eigenvalue weighted by Gasteiger charge is -2.21. The van der Waals surface area contributed by atoms with Crippen molar-refractivity contribution >= 4 is 44.1 Å². The normalized spacial score (nSPS) is 12.1. The van der Waals surface area contributed by atoms with Crippen molar-refractivity contribution in [3.05, 3.63) is 164 Å². The van der Waals surface area contributed by atoms with E-state index in [2.05, 4.69) is 127 Å². The third kappa shape index (κ3) is 4.82. The van der Waals surface area contributed by atoms with Crippen LogP contribution in [-0.4, -0.2) is 15.0 Å². The Kier molecular flexibility index (Phi) is 6.71. The van der Waals surface area contributed by atoms with Gasteiger partial charge in [0.2, 0.25) is 0 Å². The lowest BCUT2D eigenvalue weighted by atomic mass is 9.93. The molecule has 0 aliphatic carbocycles. The Morgan fingerprint density at radius 3 is 1.62 bits per heavy atom. The predicted molar refractivity (Wildman–Crippen MR) is 205 cm³/mol. The van der Waals surface area contributed by atoms with E-state index >= 15 is 0 Å². The van der Waals surface area contributed by atoms with E-state index in [4.69, 9.17) is 19.7 Å². The number of aromatic nitrogens is 3. The molecule has 50 heavy (non-hydrogen) atoms. The summed E-state index contributed by atoms with van der Waals surface area (Å²) in [5.74, 6) is 3.50. The number of hydrogen-bond donors (Lipinski definition) is 0. The molecule has 10 rings (SSSR count).